The van der Waals surface area contributed by atoms with Gasteiger partial charge >= 0.3 is 0 Å². The van der Waals surface area contributed by atoms with Gasteiger partial charge in [0, 0.05) is 31.1 Å². The number of aromatic nitrogens is 3. The van der Waals surface area contributed by atoms with Crippen molar-refractivity contribution in [1.82, 2.24) is 19.7 Å². The second-order valence-electron chi connectivity index (χ2n) is 8.47. The fourth-order valence-electron chi connectivity index (χ4n) is 4.64. The number of pyridine rings is 1. The minimum Gasteiger partial charge on any atom is -0.337 e. The van der Waals surface area contributed by atoms with Gasteiger partial charge in [0.1, 0.15) is 5.69 Å². The Bertz CT molecular complexity index is 1150. The Morgan fingerprint density at radius 1 is 1.03 bits per heavy atom. The van der Waals surface area contributed by atoms with Crippen LogP contribution in [-0.4, -0.2) is 38.7 Å². The molecule has 0 atom stereocenters. The minimum absolute atomic E-state index is 0.00881. The molecule has 1 aliphatic carbocycles. The number of aryl methyl sites for hydroxylation is 2. The van der Waals surface area contributed by atoms with Crippen LogP contribution in [0.1, 0.15) is 47.4 Å². The van der Waals surface area contributed by atoms with Crippen LogP contribution < -0.4 is 5.56 Å². The lowest BCUT2D eigenvalue weighted by Crippen LogP contribution is -2.40. The highest BCUT2D eigenvalue weighted by atomic mass is 16.2. The maximum absolute atomic E-state index is 12.9. The molecule has 1 saturated heterocycles. The Labute approximate surface area is 175 Å². The van der Waals surface area contributed by atoms with Gasteiger partial charge in [-0.05, 0) is 62.1 Å². The van der Waals surface area contributed by atoms with Gasteiger partial charge < -0.3 is 4.90 Å². The van der Waals surface area contributed by atoms with Gasteiger partial charge in [0.15, 0.2) is 0 Å². The summed E-state index contributed by atoms with van der Waals surface area (Å²) in [5, 5.41) is 5.69. The third-order valence-electron chi connectivity index (χ3n) is 6.42. The van der Waals surface area contributed by atoms with Crippen molar-refractivity contribution in [1.29, 1.82) is 0 Å². The molecular formula is C24H26N4O2. The second-order valence-corrected chi connectivity index (χ2v) is 8.47. The van der Waals surface area contributed by atoms with Gasteiger partial charge in [-0.15, -0.1) is 0 Å². The van der Waals surface area contributed by atoms with Crippen molar-refractivity contribution in [2.45, 2.75) is 45.1 Å². The van der Waals surface area contributed by atoms with Crippen molar-refractivity contribution in [3.63, 3.8) is 0 Å². The van der Waals surface area contributed by atoms with E-state index in [2.05, 4.69) is 10.1 Å². The van der Waals surface area contributed by atoms with Crippen LogP contribution >= 0.6 is 0 Å². The molecule has 5 rings (SSSR count). The zero-order valence-corrected chi connectivity index (χ0v) is 17.1. The predicted octanol–water partition coefficient (Wildman–Crippen LogP) is 3.22. The van der Waals surface area contributed by atoms with E-state index >= 15 is 0 Å². The summed E-state index contributed by atoms with van der Waals surface area (Å²) in [5.41, 5.74) is 3.58. The first-order valence-electron chi connectivity index (χ1n) is 10.9. The monoisotopic (exact) mass is 402 g/mol. The third-order valence-corrected chi connectivity index (χ3v) is 6.42. The number of rotatable bonds is 3. The van der Waals surface area contributed by atoms with E-state index < -0.39 is 0 Å². The van der Waals surface area contributed by atoms with Crippen LogP contribution in [0.3, 0.4) is 0 Å². The van der Waals surface area contributed by atoms with Crippen molar-refractivity contribution in [2.24, 2.45) is 5.92 Å². The van der Waals surface area contributed by atoms with Crippen LogP contribution in [0.15, 0.2) is 47.3 Å². The maximum Gasteiger partial charge on any atom is 0.272 e. The standard InChI is InChI=1S/C24H26N4O2/c29-23-15-19-6-2-4-8-21(19)26-28(23)16-17-11-13-27(14-12-17)24(30)22-10-9-18-5-1-3-7-20(18)25-22/h1,3,5,7,9-10,15,17H,2,4,6,8,11-14,16H2. The smallest absolute Gasteiger partial charge is 0.272 e. The maximum atomic E-state index is 12.9. The summed E-state index contributed by atoms with van der Waals surface area (Å²) < 4.78 is 1.65. The molecule has 1 aliphatic heterocycles. The molecule has 1 fully saturated rings. The normalized spacial score (nSPS) is 17.1. The molecule has 2 aliphatic rings. The van der Waals surface area contributed by atoms with E-state index in [1.54, 1.807) is 10.7 Å². The van der Waals surface area contributed by atoms with E-state index in [4.69, 9.17) is 0 Å². The van der Waals surface area contributed by atoms with Crippen LogP contribution in [0.4, 0.5) is 0 Å². The highest BCUT2D eigenvalue weighted by Crippen LogP contribution is 2.22. The second kappa shape index (κ2) is 8.01. The molecule has 1 aromatic carbocycles. The van der Waals surface area contributed by atoms with E-state index in [0.29, 0.717) is 31.2 Å². The highest BCUT2D eigenvalue weighted by Gasteiger charge is 2.25. The Hall–Kier alpha value is -3.02. The van der Waals surface area contributed by atoms with Crippen LogP contribution in [-0.2, 0) is 19.4 Å². The summed E-state index contributed by atoms with van der Waals surface area (Å²) in [6.45, 7) is 2.03. The average Bonchev–Trinajstić information content (AvgIpc) is 2.79. The van der Waals surface area contributed by atoms with Gasteiger partial charge in [-0.3, -0.25) is 9.59 Å². The Kier molecular flexibility index (Phi) is 5.07. The topological polar surface area (TPSA) is 68.1 Å². The Balaban J connectivity index is 1.24. The van der Waals surface area contributed by atoms with Crippen molar-refractivity contribution in [3.8, 4) is 0 Å². The summed E-state index contributed by atoms with van der Waals surface area (Å²) in [5.74, 6) is 0.355. The van der Waals surface area contributed by atoms with Gasteiger partial charge in [-0.1, -0.05) is 24.3 Å². The number of likely N-dealkylation sites (tertiary alicyclic amines) is 1. The highest BCUT2D eigenvalue weighted by molar-refractivity contribution is 5.94. The van der Waals surface area contributed by atoms with Crippen molar-refractivity contribution < 1.29 is 4.79 Å². The fourth-order valence-corrected chi connectivity index (χ4v) is 4.64. The SMILES string of the molecule is O=C(c1ccc2ccccc2n1)N1CCC(Cn2nc3c(cc2=O)CCCC3)CC1. The number of piperidine rings is 1. The molecule has 30 heavy (non-hydrogen) atoms. The van der Waals surface area contributed by atoms with Crippen LogP contribution in [0.2, 0.25) is 0 Å². The molecule has 3 heterocycles. The quantitative estimate of drug-likeness (QED) is 0.675. The van der Waals surface area contributed by atoms with Gasteiger partial charge in [0.05, 0.1) is 11.2 Å². The first-order chi connectivity index (χ1) is 14.7. The Morgan fingerprint density at radius 2 is 1.83 bits per heavy atom. The number of amides is 1. The Morgan fingerprint density at radius 3 is 2.70 bits per heavy atom. The molecule has 0 unspecified atom stereocenters. The van der Waals surface area contributed by atoms with Crippen LogP contribution in [0, 0.1) is 5.92 Å². The lowest BCUT2D eigenvalue weighted by Gasteiger charge is -2.32. The van der Waals surface area contributed by atoms with E-state index in [1.165, 1.54) is 0 Å². The number of hydrogen-bond donors (Lipinski definition) is 0. The molecule has 154 valence electrons. The van der Waals surface area contributed by atoms with Crippen molar-refractivity contribution in [2.75, 3.05) is 13.1 Å². The summed E-state index contributed by atoms with van der Waals surface area (Å²) >= 11 is 0. The molecule has 1 amide bonds. The van der Waals surface area contributed by atoms with Crippen LogP contribution in [0.25, 0.3) is 10.9 Å². The molecule has 0 bridgehead atoms. The summed E-state index contributed by atoms with van der Waals surface area (Å²) in [4.78, 5) is 31.8. The average molecular weight is 402 g/mol. The molecular weight excluding hydrogens is 376 g/mol. The largest absolute Gasteiger partial charge is 0.337 e. The number of carbonyl (C=O) groups excluding carboxylic acids is 1. The molecule has 0 N–H and O–H groups in total. The molecule has 3 aromatic rings. The van der Waals surface area contributed by atoms with Gasteiger partial charge in [-0.2, -0.15) is 5.10 Å². The number of para-hydroxylation sites is 1. The number of fused-ring (bicyclic) bond motifs is 2. The number of nitrogens with zero attached hydrogens (tertiary/aromatic N) is 4. The fraction of sp³-hybridized carbons (Fsp3) is 0.417. The molecule has 6 nitrogen and oxygen atoms in total. The first-order valence-corrected chi connectivity index (χ1v) is 10.9. The summed E-state index contributed by atoms with van der Waals surface area (Å²) in [7, 11) is 0. The number of hydrogen-bond acceptors (Lipinski definition) is 4. The third kappa shape index (κ3) is 3.74. The van der Waals surface area contributed by atoms with Crippen LogP contribution in [0.5, 0.6) is 0 Å². The molecule has 0 radical (unpaired) electrons. The lowest BCUT2D eigenvalue weighted by molar-refractivity contribution is 0.0675. The molecule has 6 heteroatoms. The number of carbonyl (C=O) groups is 1. The first kappa shape index (κ1) is 19.0. The zero-order valence-electron chi connectivity index (χ0n) is 17.1. The van der Waals surface area contributed by atoms with E-state index in [-0.39, 0.29) is 11.5 Å². The van der Waals surface area contributed by atoms with Gasteiger partial charge in [0.2, 0.25) is 0 Å². The van der Waals surface area contributed by atoms with Crippen molar-refractivity contribution in [3.05, 3.63) is 69.8 Å². The van der Waals surface area contributed by atoms with Crippen molar-refractivity contribution >= 4 is 16.8 Å². The predicted molar refractivity (Wildman–Crippen MR) is 116 cm³/mol. The van der Waals surface area contributed by atoms with E-state index in [0.717, 1.165) is 60.7 Å². The minimum atomic E-state index is -0.0109. The zero-order chi connectivity index (χ0) is 20.5. The van der Waals surface area contributed by atoms with Gasteiger partial charge in [0.25, 0.3) is 11.5 Å². The molecule has 0 spiro atoms. The van der Waals surface area contributed by atoms with Gasteiger partial charge in [-0.25, -0.2) is 9.67 Å². The lowest BCUT2D eigenvalue weighted by atomic mass is 9.95. The summed E-state index contributed by atoms with van der Waals surface area (Å²) in [6, 6.07) is 13.4. The van der Waals surface area contributed by atoms with E-state index in [9.17, 15) is 9.59 Å². The molecule has 2 aromatic heterocycles. The van der Waals surface area contributed by atoms with E-state index in [1.807, 2.05) is 41.3 Å². The summed E-state index contributed by atoms with van der Waals surface area (Å²) in [6.07, 6.45) is 6.01. The molecule has 0 saturated carbocycles. The number of benzene rings is 1.